The maximum Gasteiger partial charge on any atom is 0.137 e. The number of hydrogen-bond donors (Lipinski definition) is 1. The van der Waals surface area contributed by atoms with Gasteiger partial charge in [-0.3, -0.25) is 0 Å². The third-order valence-electron chi connectivity index (χ3n) is 4.26. The van der Waals surface area contributed by atoms with E-state index in [0.717, 1.165) is 38.4 Å². The number of benzene rings is 3. The second-order valence-corrected chi connectivity index (χ2v) is 6.77. The molecule has 0 unspecified atom stereocenters. The van der Waals surface area contributed by atoms with Crippen molar-refractivity contribution in [2.75, 3.05) is 5.73 Å². The first-order chi connectivity index (χ1) is 12.7. The number of nitrogen functional groups attached to an aromatic ring is 1. The summed E-state index contributed by atoms with van der Waals surface area (Å²) in [5.74, 6) is 0. The third kappa shape index (κ3) is 2.48. The molecule has 2 N–H and O–H groups in total. The minimum Gasteiger partial charge on any atom is -0.389 e. The van der Waals surface area contributed by atoms with Crippen LogP contribution in [0.2, 0.25) is 0 Å². The minimum atomic E-state index is 0.201. The fraction of sp³-hybridized carbons (Fsp3) is 0. The Morgan fingerprint density at radius 2 is 1.46 bits per heavy atom. The van der Waals surface area contributed by atoms with E-state index >= 15 is 0 Å². The fourth-order valence-corrected chi connectivity index (χ4v) is 3.87. The Kier molecular flexibility index (Phi) is 3.85. The van der Waals surface area contributed by atoms with Crippen molar-refractivity contribution in [2.24, 2.45) is 4.99 Å². The summed E-state index contributed by atoms with van der Waals surface area (Å²) in [6.45, 7) is 0. The molecule has 1 heterocycles. The Morgan fingerprint density at radius 3 is 2.04 bits per heavy atom. The molecular formula is C21H12N4S. The van der Waals surface area contributed by atoms with Crippen LogP contribution in [0.4, 0.5) is 10.0 Å². The van der Waals surface area contributed by atoms with Crippen LogP contribution in [0.1, 0.15) is 16.7 Å². The van der Waals surface area contributed by atoms with E-state index in [1.165, 1.54) is 0 Å². The molecule has 4 nitrogen and oxygen atoms in total. The number of fused-ring (bicyclic) bond motifs is 2. The molecule has 1 aromatic heterocycles. The topological polar surface area (TPSA) is 86.0 Å². The van der Waals surface area contributed by atoms with E-state index in [4.69, 9.17) is 5.73 Å². The maximum absolute atomic E-state index is 9.36. The van der Waals surface area contributed by atoms with Crippen molar-refractivity contribution >= 4 is 49.1 Å². The van der Waals surface area contributed by atoms with Gasteiger partial charge in [-0.1, -0.05) is 59.9 Å². The maximum atomic E-state index is 9.36. The quantitative estimate of drug-likeness (QED) is 0.401. The Bertz CT molecular complexity index is 1220. The zero-order valence-corrected chi connectivity index (χ0v) is 14.4. The largest absolute Gasteiger partial charge is 0.389 e. The molecule has 26 heavy (non-hydrogen) atoms. The monoisotopic (exact) mass is 352 g/mol. The summed E-state index contributed by atoms with van der Waals surface area (Å²) >= 11 is 1.16. The summed E-state index contributed by atoms with van der Waals surface area (Å²) < 4.78 is 0. The number of nitrogens with two attached hydrogens (primary N) is 1. The Morgan fingerprint density at radius 1 is 0.885 bits per heavy atom. The molecule has 0 atom stereocenters. The van der Waals surface area contributed by atoms with Crippen LogP contribution in [-0.4, -0.2) is 6.21 Å². The van der Waals surface area contributed by atoms with Crippen molar-refractivity contribution in [1.29, 1.82) is 10.5 Å². The van der Waals surface area contributed by atoms with Crippen LogP contribution in [0.15, 0.2) is 59.6 Å². The zero-order valence-electron chi connectivity index (χ0n) is 13.6. The van der Waals surface area contributed by atoms with E-state index in [9.17, 15) is 10.5 Å². The first kappa shape index (κ1) is 15.8. The van der Waals surface area contributed by atoms with Gasteiger partial charge in [0.15, 0.2) is 0 Å². The first-order valence-electron chi connectivity index (χ1n) is 7.90. The number of rotatable bonds is 2. The summed E-state index contributed by atoms with van der Waals surface area (Å²) in [4.78, 5) is 4.52. The number of aliphatic imine (C=N–C) groups is 1. The lowest BCUT2D eigenvalue weighted by Crippen LogP contribution is -1.88. The number of nitrogens with zero attached hydrogens (tertiary/aromatic N) is 3. The second kappa shape index (κ2) is 6.33. The lowest BCUT2D eigenvalue weighted by molar-refractivity contribution is 1.45. The summed E-state index contributed by atoms with van der Waals surface area (Å²) in [6.07, 6.45) is 1.76. The van der Waals surface area contributed by atoms with Crippen LogP contribution in [0.5, 0.6) is 0 Å². The molecule has 0 saturated carbocycles. The van der Waals surface area contributed by atoms with Gasteiger partial charge < -0.3 is 5.73 Å². The molecule has 0 aliphatic carbocycles. The van der Waals surface area contributed by atoms with E-state index in [1.807, 2.05) is 36.4 Å². The van der Waals surface area contributed by atoms with Gasteiger partial charge in [0.05, 0.1) is 0 Å². The molecule has 0 fully saturated rings. The number of thiophene rings is 1. The highest BCUT2D eigenvalue weighted by molar-refractivity contribution is 7.20. The van der Waals surface area contributed by atoms with Gasteiger partial charge in [-0.05, 0) is 27.6 Å². The summed E-state index contributed by atoms with van der Waals surface area (Å²) in [6, 6.07) is 22.4. The SMILES string of the molecule is N#Cc1c(N)sc(/N=C/c2c3ccccc3cc3ccccc23)c1C#N. The molecule has 4 rings (SSSR count). The first-order valence-corrected chi connectivity index (χ1v) is 8.71. The summed E-state index contributed by atoms with van der Waals surface area (Å²) in [5, 5.41) is 23.7. The third-order valence-corrected chi connectivity index (χ3v) is 5.19. The van der Waals surface area contributed by atoms with Crippen LogP contribution in [0.3, 0.4) is 0 Å². The lowest BCUT2D eigenvalue weighted by Gasteiger charge is -2.07. The minimum absolute atomic E-state index is 0.201. The van der Waals surface area contributed by atoms with Gasteiger partial charge in [0.25, 0.3) is 0 Å². The highest BCUT2D eigenvalue weighted by Gasteiger charge is 2.15. The van der Waals surface area contributed by atoms with Crippen molar-refractivity contribution in [1.82, 2.24) is 0 Å². The van der Waals surface area contributed by atoms with Crippen molar-refractivity contribution in [3.8, 4) is 12.1 Å². The molecule has 4 aromatic rings. The van der Waals surface area contributed by atoms with Crippen molar-refractivity contribution in [3.63, 3.8) is 0 Å². The van der Waals surface area contributed by atoms with Gasteiger partial charge in [-0.2, -0.15) is 10.5 Å². The lowest BCUT2D eigenvalue weighted by atomic mass is 9.97. The molecule has 122 valence electrons. The summed E-state index contributed by atoms with van der Waals surface area (Å²) in [5.41, 5.74) is 7.26. The van der Waals surface area contributed by atoms with Crippen LogP contribution >= 0.6 is 11.3 Å². The molecule has 0 radical (unpaired) electrons. The van der Waals surface area contributed by atoms with Gasteiger partial charge in [0.2, 0.25) is 0 Å². The number of hydrogen-bond acceptors (Lipinski definition) is 5. The fourth-order valence-electron chi connectivity index (χ4n) is 3.05. The molecule has 0 bridgehead atoms. The molecule has 0 saturated heterocycles. The van der Waals surface area contributed by atoms with Crippen molar-refractivity contribution in [3.05, 3.63) is 71.3 Å². The molecule has 0 spiro atoms. The molecule has 0 amide bonds. The average Bonchev–Trinajstić information content (AvgIpc) is 2.99. The highest BCUT2D eigenvalue weighted by Crippen LogP contribution is 2.37. The molecule has 5 heteroatoms. The number of nitriles is 2. The smallest absolute Gasteiger partial charge is 0.137 e. The molecular weight excluding hydrogens is 340 g/mol. The molecule has 3 aromatic carbocycles. The standard InChI is InChI=1S/C21H12N4S/c22-10-17-18(11-23)21(26-20(17)24)25-12-19-15-7-3-1-5-13(15)9-14-6-2-4-8-16(14)19/h1-9,12H,24H2/b25-12+. The zero-order chi connectivity index (χ0) is 18.1. The van der Waals surface area contributed by atoms with Crippen LogP contribution < -0.4 is 5.73 Å². The van der Waals surface area contributed by atoms with Gasteiger partial charge >= 0.3 is 0 Å². The molecule has 0 aliphatic heterocycles. The van der Waals surface area contributed by atoms with Gasteiger partial charge in [0.1, 0.15) is 33.3 Å². The van der Waals surface area contributed by atoms with E-state index in [-0.39, 0.29) is 11.1 Å². The molecule has 0 aliphatic rings. The average molecular weight is 352 g/mol. The van der Waals surface area contributed by atoms with Crippen LogP contribution in [0.25, 0.3) is 21.5 Å². The van der Waals surface area contributed by atoms with E-state index in [0.29, 0.717) is 10.0 Å². The van der Waals surface area contributed by atoms with Crippen molar-refractivity contribution in [2.45, 2.75) is 0 Å². The predicted molar refractivity (Wildman–Crippen MR) is 107 cm³/mol. The van der Waals surface area contributed by atoms with E-state index in [1.54, 1.807) is 6.21 Å². The van der Waals surface area contributed by atoms with Crippen molar-refractivity contribution < 1.29 is 0 Å². The number of anilines is 1. The van der Waals surface area contributed by atoms with E-state index < -0.39 is 0 Å². The van der Waals surface area contributed by atoms with Crippen LogP contribution in [0, 0.1) is 22.7 Å². The van der Waals surface area contributed by atoms with Gasteiger partial charge in [-0.15, -0.1) is 0 Å². The van der Waals surface area contributed by atoms with Crippen LogP contribution in [-0.2, 0) is 0 Å². The predicted octanol–water partition coefficient (Wildman–Crippen LogP) is 5.13. The highest BCUT2D eigenvalue weighted by atomic mass is 32.1. The summed E-state index contributed by atoms with van der Waals surface area (Å²) in [7, 11) is 0. The van der Waals surface area contributed by atoms with Gasteiger partial charge in [0, 0.05) is 11.8 Å². The van der Waals surface area contributed by atoms with Gasteiger partial charge in [-0.25, -0.2) is 4.99 Å². The Labute approximate surface area is 154 Å². The normalized spacial score (nSPS) is 11.0. The Balaban J connectivity index is 1.96. The Hall–Kier alpha value is -3.67. The second-order valence-electron chi connectivity index (χ2n) is 5.74. The van der Waals surface area contributed by atoms with E-state index in [2.05, 4.69) is 35.3 Å².